The summed E-state index contributed by atoms with van der Waals surface area (Å²) in [6.45, 7) is 5.40. The lowest BCUT2D eigenvalue weighted by Gasteiger charge is -2.32. The summed E-state index contributed by atoms with van der Waals surface area (Å²) >= 11 is 0. The number of aromatic nitrogens is 4. The fourth-order valence-corrected chi connectivity index (χ4v) is 3.97. The molecule has 0 saturated carbocycles. The third-order valence-electron chi connectivity index (χ3n) is 5.74. The topological polar surface area (TPSA) is 68.0 Å². The van der Waals surface area contributed by atoms with Gasteiger partial charge in [0.05, 0.1) is 0 Å². The molecule has 1 amide bonds. The smallest absolute Gasteiger partial charge is 0.272 e. The molecule has 0 saturated heterocycles. The summed E-state index contributed by atoms with van der Waals surface area (Å²) < 4.78 is 3.84. The first-order valence-corrected chi connectivity index (χ1v) is 10.2. The minimum Gasteiger partial charge on any atom is -0.347 e. The van der Waals surface area contributed by atoms with Crippen molar-refractivity contribution in [2.24, 2.45) is 7.05 Å². The average Bonchev–Trinajstić information content (AvgIpc) is 3.39. The van der Waals surface area contributed by atoms with E-state index in [1.54, 1.807) is 0 Å². The van der Waals surface area contributed by atoms with Crippen molar-refractivity contribution in [3.8, 4) is 0 Å². The molecular formula is C22H28N6O. The van der Waals surface area contributed by atoms with E-state index in [2.05, 4.69) is 27.3 Å². The molecule has 0 bridgehead atoms. The van der Waals surface area contributed by atoms with Crippen molar-refractivity contribution >= 4 is 5.91 Å². The number of carbonyl (C=O) groups is 1. The van der Waals surface area contributed by atoms with Gasteiger partial charge in [-0.15, -0.1) is 0 Å². The van der Waals surface area contributed by atoms with E-state index in [0.717, 1.165) is 43.6 Å². The predicted octanol–water partition coefficient (Wildman–Crippen LogP) is 2.38. The van der Waals surface area contributed by atoms with Gasteiger partial charge >= 0.3 is 0 Å². The summed E-state index contributed by atoms with van der Waals surface area (Å²) in [6, 6.07) is 12.3. The first kappa shape index (κ1) is 19.4. The molecular weight excluding hydrogens is 364 g/mol. The molecule has 2 aromatic heterocycles. The molecule has 1 aromatic carbocycles. The number of aryl methyl sites for hydroxylation is 2. The number of carbonyl (C=O) groups excluding carboxylic acids is 1. The number of nitrogens with zero attached hydrogens (tertiary/aromatic N) is 5. The highest BCUT2D eigenvalue weighted by molar-refractivity contribution is 5.94. The molecule has 152 valence electrons. The quantitative estimate of drug-likeness (QED) is 0.670. The summed E-state index contributed by atoms with van der Waals surface area (Å²) in [4.78, 5) is 15.3. The van der Waals surface area contributed by atoms with E-state index in [4.69, 9.17) is 0 Å². The fourth-order valence-electron chi connectivity index (χ4n) is 3.97. The summed E-state index contributed by atoms with van der Waals surface area (Å²) in [5, 5.41) is 11.9. The van der Waals surface area contributed by atoms with E-state index in [1.807, 2.05) is 65.2 Å². The number of hydrogen-bond acceptors (Lipinski definition) is 4. The maximum absolute atomic E-state index is 12.8. The molecule has 1 N–H and O–H groups in total. The molecule has 1 aliphatic heterocycles. The molecule has 0 aliphatic carbocycles. The first-order valence-electron chi connectivity index (χ1n) is 10.2. The average molecular weight is 393 g/mol. The van der Waals surface area contributed by atoms with E-state index in [0.29, 0.717) is 18.3 Å². The monoisotopic (exact) mass is 392 g/mol. The second-order valence-electron chi connectivity index (χ2n) is 7.69. The molecule has 3 heterocycles. The van der Waals surface area contributed by atoms with Gasteiger partial charge in [-0.3, -0.25) is 19.1 Å². The molecule has 4 rings (SSSR count). The zero-order valence-electron chi connectivity index (χ0n) is 17.1. The number of nitrogens with one attached hydrogen (secondary N) is 1. The van der Waals surface area contributed by atoms with Crippen molar-refractivity contribution in [3.05, 3.63) is 71.3 Å². The van der Waals surface area contributed by atoms with Crippen LogP contribution in [0, 0.1) is 0 Å². The Hall–Kier alpha value is -2.93. The van der Waals surface area contributed by atoms with Gasteiger partial charge in [0.15, 0.2) is 5.69 Å². The van der Waals surface area contributed by atoms with Crippen LogP contribution in [0.5, 0.6) is 0 Å². The summed E-state index contributed by atoms with van der Waals surface area (Å²) in [6.07, 6.45) is 5.74. The molecule has 0 fully saturated rings. The van der Waals surface area contributed by atoms with Crippen molar-refractivity contribution in [1.29, 1.82) is 0 Å². The van der Waals surface area contributed by atoms with Gasteiger partial charge in [-0.1, -0.05) is 30.3 Å². The molecule has 1 aliphatic rings. The first-order chi connectivity index (χ1) is 14.1. The van der Waals surface area contributed by atoms with Crippen molar-refractivity contribution in [1.82, 2.24) is 29.8 Å². The highest BCUT2D eigenvalue weighted by Gasteiger charge is 2.29. The lowest BCUT2D eigenvalue weighted by molar-refractivity contribution is 0.0941. The standard InChI is InChI=1S/C22H28N6O/c1-17(9-14-28-12-6-11-24-28)27-13-10-20-19(16-27)21(25-26(20)2)22(29)23-15-18-7-4-3-5-8-18/h3-8,11-12,17H,9-10,13-16H2,1-2H3,(H,23,29). The van der Waals surface area contributed by atoms with Gasteiger partial charge in [0.25, 0.3) is 5.91 Å². The Morgan fingerprint density at radius 3 is 2.83 bits per heavy atom. The van der Waals surface area contributed by atoms with Gasteiger partial charge < -0.3 is 5.32 Å². The lowest BCUT2D eigenvalue weighted by atomic mass is 10.0. The summed E-state index contributed by atoms with van der Waals surface area (Å²) in [5.74, 6) is -0.100. The summed E-state index contributed by atoms with van der Waals surface area (Å²) in [5.41, 5.74) is 3.88. The second-order valence-corrected chi connectivity index (χ2v) is 7.69. The largest absolute Gasteiger partial charge is 0.347 e. The van der Waals surface area contributed by atoms with Crippen LogP contribution in [0.1, 0.15) is 40.7 Å². The van der Waals surface area contributed by atoms with Crippen LogP contribution in [0.15, 0.2) is 48.8 Å². The maximum atomic E-state index is 12.8. The Labute approximate surface area is 171 Å². The lowest BCUT2D eigenvalue weighted by Crippen LogP contribution is -2.39. The molecule has 29 heavy (non-hydrogen) atoms. The SMILES string of the molecule is CC(CCn1cccn1)N1CCc2c(c(C(=O)NCc3ccccc3)nn2C)C1. The number of amides is 1. The van der Waals surface area contributed by atoms with Crippen molar-refractivity contribution < 1.29 is 4.79 Å². The van der Waals surface area contributed by atoms with Gasteiger partial charge in [0.1, 0.15) is 0 Å². The van der Waals surface area contributed by atoms with Crippen LogP contribution in [0.3, 0.4) is 0 Å². The number of rotatable bonds is 7. The van der Waals surface area contributed by atoms with Gasteiger partial charge in [-0.25, -0.2) is 0 Å². The van der Waals surface area contributed by atoms with E-state index in [9.17, 15) is 4.79 Å². The minimum absolute atomic E-state index is 0.100. The predicted molar refractivity (Wildman–Crippen MR) is 111 cm³/mol. The van der Waals surface area contributed by atoms with Crippen LogP contribution in [-0.2, 0) is 33.1 Å². The van der Waals surface area contributed by atoms with Gasteiger partial charge in [-0.05, 0) is 25.0 Å². The van der Waals surface area contributed by atoms with Crippen LogP contribution in [0.4, 0.5) is 0 Å². The maximum Gasteiger partial charge on any atom is 0.272 e. The highest BCUT2D eigenvalue weighted by atomic mass is 16.1. The van der Waals surface area contributed by atoms with Gasteiger partial charge in [0, 0.05) is 69.3 Å². The van der Waals surface area contributed by atoms with E-state index < -0.39 is 0 Å². The van der Waals surface area contributed by atoms with Gasteiger partial charge in [0.2, 0.25) is 0 Å². The normalized spacial score (nSPS) is 15.1. The number of fused-ring (bicyclic) bond motifs is 1. The van der Waals surface area contributed by atoms with E-state index >= 15 is 0 Å². The molecule has 7 heteroatoms. The Morgan fingerprint density at radius 2 is 2.07 bits per heavy atom. The van der Waals surface area contributed by atoms with Gasteiger partial charge in [-0.2, -0.15) is 10.2 Å². The minimum atomic E-state index is -0.100. The van der Waals surface area contributed by atoms with Crippen LogP contribution in [0.25, 0.3) is 0 Å². The Morgan fingerprint density at radius 1 is 1.24 bits per heavy atom. The third kappa shape index (κ3) is 4.40. The molecule has 0 spiro atoms. The summed E-state index contributed by atoms with van der Waals surface area (Å²) in [7, 11) is 1.93. The number of benzene rings is 1. The Balaban J connectivity index is 1.42. The van der Waals surface area contributed by atoms with E-state index in [-0.39, 0.29) is 5.91 Å². The Kier molecular flexibility index (Phi) is 5.76. The molecule has 3 aromatic rings. The van der Waals surface area contributed by atoms with Crippen LogP contribution >= 0.6 is 0 Å². The number of hydrogen-bond donors (Lipinski definition) is 1. The third-order valence-corrected chi connectivity index (χ3v) is 5.74. The second kappa shape index (κ2) is 8.61. The molecule has 0 radical (unpaired) electrons. The van der Waals surface area contributed by atoms with Crippen molar-refractivity contribution in [2.75, 3.05) is 6.54 Å². The van der Waals surface area contributed by atoms with Crippen molar-refractivity contribution in [3.63, 3.8) is 0 Å². The van der Waals surface area contributed by atoms with Crippen LogP contribution in [0.2, 0.25) is 0 Å². The molecule has 1 atom stereocenters. The van der Waals surface area contributed by atoms with E-state index in [1.165, 1.54) is 5.69 Å². The zero-order valence-corrected chi connectivity index (χ0v) is 17.1. The zero-order chi connectivity index (χ0) is 20.2. The van der Waals surface area contributed by atoms with Crippen LogP contribution in [-0.4, -0.2) is 43.0 Å². The fraction of sp³-hybridized carbons (Fsp3) is 0.409. The highest BCUT2D eigenvalue weighted by Crippen LogP contribution is 2.24. The molecule has 1 unspecified atom stereocenters. The molecule has 7 nitrogen and oxygen atoms in total. The van der Waals surface area contributed by atoms with Crippen LogP contribution < -0.4 is 5.32 Å². The Bertz CT molecular complexity index is 947. The van der Waals surface area contributed by atoms with Crippen molar-refractivity contribution in [2.45, 2.75) is 45.4 Å².